The summed E-state index contributed by atoms with van der Waals surface area (Å²) in [5.41, 5.74) is 7.60. The number of amides is 1. The second kappa shape index (κ2) is 9.39. The minimum atomic E-state index is -0.487. The molecule has 0 spiro atoms. The molecule has 3 N–H and O–H groups in total. The number of hydrogen-bond donors (Lipinski definition) is 2. The van der Waals surface area contributed by atoms with Crippen molar-refractivity contribution in [2.45, 2.75) is 20.1 Å². The van der Waals surface area contributed by atoms with Crippen molar-refractivity contribution in [2.24, 2.45) is 0 Å². The van der Waals surface area contributed by atoms with Crippen LogP contribution in [0.5, 0.6) is 11.5 Å². The number of nitrogen functional groups attached to an aromatic ring is 1. The molecule has 1 amide bonds. The number of nitrogens with one attached hydrogen (secondary N) is 1. The number of ether oxygens (including phenoxy) is 2. The van der Waals surface area contributed by atoms with Crippen LogP contribution in [0.2, 0.25) is 0 Å². The van der Waals surface area contributed by atoms with Gasteiger partial charge < -0.3 is 20.5 Å². The molecule has 2 aromatic heterocycles. The Hall–Kier alpha value is -4.40. The van der Waals surface area contributed by atoms with Crippen LogP contribution in [0.1, 0.15) is 22.8 Å². The van der Waals surface area contributed by atoms with Crippen LogP contribution < -0.4 is 26.1 Å². The third-order valence-electron chi connectivity index (χ3n) is 5.20. The largest absolute Gasteiger partial charge is 0.492 e. The summed E-state index contributed by atoms with van der Waals surface area (Å²) < 4.78 is 13.0. The molecule has 2 heterocycles. The first-order chi connectivity index (χ1) is 16.0. The minimum Gasteiger partial charge on any atom is -0.492 e. The molecule has 0 aliphatic rings. The molecule has 0 fully saturated rings. The number of carbonyl (C=O) groups excluding carboxylic acids is 1. The van der Waals surface area contributed by atoms with Gasteiger partial charge in [0.2, 0.25) is 0 Å². The summed E-state index contributed by atoms with van der Waals surface area (Å²) >= 11 is 0. The summed E-state index contributed by atoms with van der Waals surface area (Å²) in [7, 11) is 1.48. The van der Waals surface area contributed by atoms with Crippen LogP contribution in [-0.4, -0.2) is 27.6 Å². The number of methoxy groups -OCH3 is 1. The van der Waals surface area contributed by atoms with Crippen molar-refractivity contribution in [3.05, 3.63) is 82.7 Å². The molecular formula is C24H23N5O4. The molecule has 2 aromatic carbocycles. The van der Waals surface area contributed by atoms with Gasteiger partial charge in [0, 0.05) is 18.9 Å². The zero-order valence-electron chi connectivity index (χ0n) is 18.2. The average Bonchev–Trinajstić information content (AvgIpc) is 2.86. The monoisotopic (exact) mass is 445 g/mol. The lowest BCUT2D eigenvalue weighted by molar-refractivity contribution is 0.102. The van der Waals surface area contributed by atoms with E-state index in [1.165, 1.54) is 30.4 Å². The van der Waals surface area contributed by atoms with E-state index in [1.54, 1.807) is 19.1 Å². The summed E-state index contributed by atoms with van der Waals surface area (Å²) in [6.07, 6.45) is 4.08. The van der Waals surface area contributed by atoms with Crippen LogP contribution in [-0.2, 0) is 13.2 Å². The topological polar surface area (TPSA) is 121 Å². The summed E-state index contributed by atoms with van der Waals surface area (Å²) in [6, 6.07) is 13.0. The standard InChI is InChI=1S/C24H23N5O4/c1-3-29-22(28-23(30)16-11-26-14-27-12-16)20(25)19-17(24(29)31)9-10-18(21(19)32-2)33-13-15-7-5-4-6-8-15/h4-12,14H,3,13,25H2,1-2H3,(H,28,30). The molecule has 9 heteroatoms. The quantitative estimate of drug-likeness (QED) is 0.448. The van der Waals surface area contributed by atoms with Crippen molar-refractivity contribution >= 4 is 28.2 Å². The lowest BCUT2D eigenvalue weighted by atomic mass is 10.1. The average molecular weight is 445 g/mol. The highest BCUT2D eigenvalue weighted by Crippen LogP contribution is 2.40. The molecule has 0 aliphatic carbocycles. The molecule has 0 unspecified atom stereocenters. The molecule has 168 valence electrons. The highest BCUT2D eigenvalue weighted by atomic mass is 16.5. The number of hydrogen-bond acceptors (Lipinski definition) is 7. The molecule has 4 rings (SSSR count). The van der Waals surface area contributed by atoms with E-state index in [1.807, 2.05) is 30.3 Å². The highest BCUT2D eigenvalue weighted by molar-refractivity contribution is 6.09. The third kappa shape index (κ3) is 4.20. The second-order valence-corrected chi connectivity index (χ2v) is 7.19. The Balaban J connectivity index is 1.82. The van der Waals surface area contributed by atoms with Gasteiger partial charge in [-0.05, 0) is 24.6 Å². The molecule has 0 saturated carbocycles. The molecule has 9 nitrogen and oxygen atoms in total. The van der Waals surface area contributed by atoms with Crippen LogP contribution in [0.4, 0.5) is 11.5 Å². The fourth-order valence-corrected chi connectivity index (χ4v) is 3.60. The maximum absolute atomic E-state index is 13.2. The third-order valence-corrected chi connectivity index (χ3v) is 5.20. The van der Waals surface area contributed by atoms with E-state index in [-0.39, 0.29) is 22.6 Å². The maximum atomic E-state index is 13.2. The fourth-order valence-electron chi connectivity index (χ4n) is 3.60. The summed E-state index contributed by atoms with van der Waals surface area (Å²) in [5, 5.41) is 3.46. The van der Waals surface area contributed by atoms with Crippen molar-refractivity contribution in [1.29, 1.82) is 0 Å². The predicted octanol–water partition coefficient (Wildman–Crippen LogP) is 3.23. The predicted molar refractivity (Wildman–Crippen MR) is 126 cm³/mol. The number of pyridine rings is 1. The normalized spacial score (nSPS) is 10.7. The molecule has 0 atom stereocenters. The fraction of sp³-hybridized carbons (Fsp3) is 0.167. The van der Waals surface area contributed by atoms with Crippen LogP contribution >= 0.6 is 0 Å². The number of anilines is 2. The summed E-state index contributed by atoms with van der Waals surface area (Å²) in [4.78, 5) is 33.7. The van der Waals surface area contributed by atoms with E-state index in [0.29, 0.717) is 35.4 Å². The summed E-state index contributed by atoms with van der Waals surface area (Å²) in [5.74, 6) is 0.434. The Kier molecular flexibility index (Phi) is 6.21. The van der Waals surface area contributed by atoms with E-state index < -0.39 is 5.91 Å². The minimum absolute atomic E-state index is 0.169. The van der Waals surface area contributed by atoms with E-state index in [0.717, 1.165) is 5.56 Å². The van der Waals surface area contributed by atoms with Crippen molar-refractivity contribution < 1.29 is 14.3 Å². The number of carbonyl (C=O) groups is 1. The Morgan fingerprint density at radius 2 is 1.85 bits per heavy atom. The van der Waals surface area contributed by atoms with Crippen molar-refractivity contribution in [1.82, 2.24) is 14.5 Å². The lowest BCUT2D eigenvalue weighted by Crippen LogP contribution is -2.27. The van der Waals surface area contributed by atoms with Gasteiger partial charge >= 0.3 is 0 Å². The SMILES string of the molecule is CCn1c(NC(=O)c2cncnc2)c(N)c2c(OC)c(OCc3ccccc3)ccc2c1=O. The Labute approximate surface area is 189 Å². The van der Waals surface area contributed by atoms with E-state index in [4.69, 9.17) is 15.2 Å². The number of benzene rings is 2. The molecule has 0 saturated heterocycles. The van der Waals surface area contributed by atoms with Crippen molar-refractivity contribution in [3.8, 4) is 11.5 Å². The van der Waals surface area contributed by atoms with Gasteiger partial charge in [-0.2, -0.15) is 0 Å². The molecule has 4 aromatic rings. The van der Waals surface area contributed by atoms with Gasteiger partial charge in [-0.25, -0.2) is 9.97 Å². The first-order valence-corrected chi connectivity index (χ1v) is 10.3. The number of nitrogens with two attached hydrogens (primary N) is 1. The van der Waals surface area contributed by atoms with E-state index in [2.05, 4.69) is 15.3 Å². The molecule has 33 heavy (non-hydrogen) atoms. The number of rotatable bonds is 7. The van der Waals surface area contributed by atoms with Crippen LogP contribution in [0, 0.1) is 0 Å². The van der Waals surface area contributed by atoms with Gasteiger partial charge in [-0.1, -0.05) is 30.3 Å². The van der Waals surface area contributed by atoms with Gasteiger partial charge in [0.25, 0.3) is 11.5 Å². The van der Waals surface area contributed by atoms with Crippen LogP contribution in [0.3, 0.4) is 0 Å². The number of nitrogens with zero attached hydrogens (tertiary/aromatic N) is 3. The van der Waals surface area contributed by atoms with Gasteiger partial charge in [0.05, 0.1) is 29.1 Å². The zero-order chi connectivity index (χ0) is 23.4. The van der Waals surface area contributed by atoms with Crippen molar-refractivity contribution in [3.63, 3.8) is 0 Å². The first kappa shape index (κ1) is 21.8. The Bertz CT molecular complexity index is 1350. The number of fused-ring (bicyclic) bond motifs is 1. The van der Waals surface area contributed by atoms with Crippen LogP contribution in [0.15, 0.2) is 66.0 Å². The molecule has 0 aliphatic heterocycles. The molecule has 0 bridgehead atoms. The van der Waals surface area contributed by atoms with E-state index in [9.17, 15) is 9.59 Å². The van der Waals surface area contributed by atoms with Crippen LogP contribution in [0.25, 0.3) is 10.8 Å². The van der Waals surface area contributed by atoms with Gasteiger partial charge in [0.1, 0.15) is 18.8 Å². The number of aromatic nitrogens is 3. The second-order valence-electron chi connectivity index (χ2n) is 7.19. The van der Waals surface area contributed by atoms with Gasteiger partial charge in [-0.15, -0.1) is 0 Å². The van der Waals surface area contributed by atoms with Gasteiger partial charge in [0.15, 0.2) is 11.5 Å². The van der Waals surface area contributed by atoms with Crippen molar-refractivity contribution in [2.75, 3.05) is 18.2 Å². The molecule has 0 radical (unpaired) electrons. The van der Waals surface area contributed by atoms with E-state index >= 15 is 0 Å². The first-order valence-electron chi connectivity index (χ1n) is 10.3. The maximum Gasteiger partial charge on any atom is 0.260 e. The lowest BCUT2D eigenvalue weighted by Gasteiger charge is -2.20. The Morgan fingerprint density at radius 3 is 2.52 bits per heavy atom. The molecular weight excluding hydrogens is 422 g/mol. The Morgan fingerprint density at radius 1 is 1.12 bits per heavy atom. The highest BCUT2D eigenvalue weighted by Gasteiger charge is 2.22. The smallest absolute Gasteiger partial charge is 0.260 e. The zero-order valence-corrected chi connectivity index (χ0v) is 18.2. The van der Waals surface area contributed by atoms with Gasteiger partial charge in [-0.3, -0.25) is 14.2 Å². The summed E-state index contributed by atoms with van der Waals surface area (Å²) in [6.45, 7) is 2.41.